The van der Waals surface area contributed by atoms with E-state index in [1.807, 2.05) is 29.2 Å². The zero-order valence-electron chi connectivity index (χ0n) is 16.6. The number of carbonyl (C=O) groups excluding carboxylic acids is 1. The van der Waals surface area contributed by atoms with E-state index in [0.717, 1.165) is 18.5 Å². The number of hydrogen-bond acceptors (Lipinski definition) is 5. The van der Waals surface area contributed by atoms with Gasteiger partial charge in [0.05, 0.1) is 17.5 Å². The van der Waals surface area contributed by atoms with E-state index in [4.69, 9.17) is 0 Å². The van der Waals surface area contributed by atoms with Crippen molar-refractivity contribution in [2.45, 2.75) is 39.8 Å². The van der Waals surface area contributed by atoms with Gasteiger partial charge in [0.25, 0.3) is 5.91 Å². The van der Waals surface area contributed by atoms with Crippen molar-refractivity contribution < 1.29 is 9.72 Å². The molecule has 4 rings (SSSR count). The van der Waals surface area contributed by atoms with Gasteiger partial charge in [0, 0.05) is 17.0 Å². The molecule has 8 heteroatoms. The summed E-state index contributed by atoms with van der Waals surface area (Å²) in [4.78, 5) is 27.1. The van der Waals surface area contributed by atoms with Crippen LogP contribution < -0.4 is 0 Å². The van der Waals surface area contributed by atoms with Gasteiger partial charge in [-0.2, -0.15) is 5.10 Å². The molecule has 0 fully saturated rings. The molecule has 1 aliphatic heterocycles. The van der Waals surface area contributed by atoms with E-state index in [1.54, 1.807) is 29.9 Å². The van der Waals surface area contributed by atoms with Gasteiger partial charge in [-0.25, -0.2) is 0 Å². The molecule has 0 saturated carbocycles. The van der Waals surface area contributed by atoms with E-state index in [1.165, 1.54) is 10.4 Å². The average Bonchev–Trinajstić information content (AvgIpc) is 3.27. The number of thiophene rings is 1. The number of fused-ring (bicyclic) bond motifs is 1. The van der Waals surface area contributed by atoms with Crippen molar-refractivity contribution in [3.63, 3.8) is 0 Å². The molecule has 150 valence electrons. The molecule has 0 unspecified atom stereocenters. The van der Waals surface area contributed by atoms with Gasteiger partial charge in [0.15, 0.2) is 0 Å². The van der Waals surface area contributed by atoms with Gasteiger partial charge >= 0.3 is 5.69 Å². The Balaban J connectivity index is 1.51. The fraction of sp³-hybridized carbons (Fsp3) is 0.333. The zero-order valence-corrected chi connectivity index (χ0v) is 17.4. The summed E-state index contributed by atoms with van der Waals surface area (Å²) in [7, 11) is 0. The molecule has 0 aliphatic carbocycles. The van der Waals surface area contributed by atoms with Crippen LogP contribution in [0.4, 0.5) is 5.69 Å². The molecular formula is C21H22N4O3S. The Hall–Kier alpha value is -3.00. The fourth-order valence-corrected chi connectivity index (χ4v) is 4.95. The first-order valence-electron chi connectivity index (χ1n) is 9.51. The number of nitro groups is 1. The summed E-state index contributed by atoms with van der Waals surface area (Å²) in [5, 5.41) is 17.6. The third-order valence-corrected chi connectivity index (χ3v) is 6.59. The lowest BCUT2D eigenvalue weighted by atomic mass is 10.00. The molecule has 1 amide bonds. The quantitative estimate of drug-likeness (QED) is 0.475. The summed E-state index contributed by atoms with van der Waals surface area (Å²) >= 11 is 1.76. The lowest BCUT2D eigenvalue weighted by Gasteiger charge is -2.33. The second-order valence-corrected chi connectivity index (χ2v) is 8.36. The van der Waals surface area contributed by atoms with Crippen LogP contribution in [0, 0.1) is 24.0 Å². The Labute approximate surface area is 172 Å². The maximum atomic E-state index is 13.0. The minimum atomic E-state index is -0.394. The van der Waals surface area contributed by atoms with Crippen LogP contribution in [0.3, 0.4) is 0 Å². The summed E-state index contributed by atoms with van der Waals surface area (Å²) in [5.41, 5.74) is 3.83. The molecule has 1 aliphatic rings. The molecular weight excluding hydrogens is 388 g/mol. The van der Waals surface area contributed by atoms with Crippen molar-refractivity contribution in [1.82, 2.24) is 14.7 Å². The molecule has 1 atom stereocenters. The van der Waals surface area contributed by atoms with Crippen molar-refractivity contribution in [2.24, 2.45) is 0 Å². The Morgan fingerprint density at radius 2 is 2.00 bits per heavy atom. The molecule has 0 radical (unpaired) electrons. The predicted octanol–water partition coefficient (Wildman–Crippen LogP) is 4.28. The van der Waals surface area contributed by atoms with Gasteiger partial charge in [0.1, 0.15) is 11.4 Å². The highest BCUT2D eigenvalue weighted by Gasteiger charge is 2.29. The van der Waals surface area contributed by atoms with Crippen molar-refractivity contribution in [3.05, 3.63) is 78.8 Å². The number of carbonyl (C=O) groups is 1. The molecule has 0 spiro atoms. The molecule has 3 aromatic rings. The lowest BCUT2D eigenvalue weighted by molar-refractivity contribution is -0.386. The monoisotopic (exact) mass is 410 g/mol. The number of aryl methyl sites for hydroxylation is 1. The summed E-state index contributed by atoms with van der Waals surface area (Å²) in [5.74, 6) is 0.0302. The predicted molar refractivity (Wildman–Crippen MR) is 111 cm³/mol. The number of rotatable bonds is 4. The molecule has 7 nitrogen and oxygen atoms in total. The minimum absolute atomic E-state index is 0.0302. The number of amides is 1. The maximum Gasteiger partial charge on any atom is 0.312 e. The van der Waals surface area contributed by atoms with Crippen LogP contribution in [0.1, 0.15) is 50.7 Å². The highest BCUT2D eigenvalue weighted by atomic mass is 32.1. The molecule has 0 N–H and O–H groups in total. The van der Waals surface area contributed by atoms with Gasteiger partial charge in [0.2, 0.25) is 0 Å². The van der Waals surface area contributed by atoms with Crippen molar-refractivity contribution in [3.8, 4) is 0 Å². The van der Waals surface area contributed by atoms with E-state index in [-0.39, 0.29) is 17.6 Å². The van der Waals surface area contributed by atoms with Crippen molar-refractivity contribution >= 4 is 22.9 Å². The molecule has 29 heavy (non-hydrogen) atoms. The topological polar surface area (TPSA) is 81.3 Å². The Morgan fingerprint density at radius 1 is 1.28 bits per heavy atom. The number of aromatic nitrogens is 2. The normalized spacial score (nSPS) is 16.0. The van der Waals surface area contributed by atoms with Crippen LogP contribution in [0.2, 0.25) is 0 Å². The van der Waals surface area contributed by atoms with Crippen LogP contribution in [0.15, 0.2) is 35.7 Å². The molecule has 0 saturated heterocycles. The van der Waals surface area contributed by atoms with E-state index in [9.17, 15) is 14.9 Å². The highest BCUT2D eigenvalue weighted by Crippen LogP contribution is 2.33. The molecule has 0 bridgehead atoms. The van der Waals surface area contributed by atoms with Crippen LogP contribution in [0.5, 0.6) is 0 Å². The SMILES string of the molecule is Cc1nn(Cc2ccc(C(=O)N3CCc4sccc4[C@H]3C)cc2)c(C)c1[N+](=O)[O-]. The lowest BCUT2D eigenvalue weighted by Crippen LogP contribution is -2.38. The van der Waals surface area contributed by atoms with Crippen molar-refractivity contribution in [1.29, 1.82) is 0 Å². The second-order valence-electron chi connectivity index (χ2n) is 7.35. The summed E-state index contributed by atoms with van der Waals surface area (Å²) in [6, 6.07) is 9.62. The standard InChI is InChI=1S/C21H22N4O3S/c1-13-20(25(27)28)15(3)24(22-13)12-16-4-6-17(7-5-16)21(26)23-10-8-19-18(14(23)2)9-11-29-19/h4-7,9,11,14H,8,10,12H2,1-3H3/t14-/m1/s1. The summed E-state index contributed by atoms with van der Waals surface area (Å²) in [6.45, 7) is 6.57. The highest BCUT2D eigenvalue weighted by molar-refractivity contribution is 7.10. The average molecular weight is 410 g/mol. The van der Waals surface area contributed by atoms with Gasteiger partial charge in [-0.1, -0.05) is 12.1 Å². The Morgan fingerprint density at radius 3 is 2.66 bits per heavy atom. The minimum Gasteiger partial charge on any atom is -0.331 e. The zero-order chi connectivity index (χ0) is 20.7. The first-order chi connectivity index (χ1) is 13.9. The van der Waals surface area contributed by atoms with Gasteiger partial charge < -0.3 is 4.90 Å². The van der Waals surface area contributed by atoms with E-state index >= 15 is 0 Å². The summed E-state index contributed by atoms with van der Waals surface area (Å²) < 4.78 is 1.63. The van der Waals surface area contributed by atoms with Gasteiger partial charge in [-0.15, -0.1) is 11.3 Å². The Kier molecular flexibility index (Phi) is 4.96. The molecule has 2 aromatic heterocycles. The second kappa shape index (κ2) is 7.44. The first-order valence-corrected chi connectivity index (χ1v) is 10.4. The van der Waals surface area contributed by atoms with E-state index in [2.05, 4.69) is 23.5 Å². The largest absolute Gasteiger partial charge is 0.331 e. The fourth-order valence-electron chi connectivity index (χ4n) is 3.98. The van der Waals surface area contributed by atoms with E-state index in [0.29, 0.717) is 23.5 Å². The number of nitrogens with zero attached hydrogens (tertiary/aromatic N) is 4. The molecule has 3 heterocycles. The van der Waals surface area contributed by atoms with Crippen LogP contribution in [0.25, 0.3) is 0 Å². The third kappa shape index (κ3) is 3.44. The van der Waals surface area contributed by atoms with Gasteiger partial charge in [-0.3, -0.25) is 19.6 Å². The smallest absolute Gasteiger partial charge is 0.312 e. The number of benzene rings is 1. The van der Waals surface area contributed by atoms with Crippen molar-refractivity contribution in [2.75, 3.05) is 6.54 Å². The number of hydrogen-bond donors (Lipinski definition) is 0. The third-order valence-electron chi connectivity index (χ3n) is 5.60. The van der Waals surface area contributed by atoms with Crippen LogP contribution in [-0.4, -0.2) is 32.1 Å². The van der Waals surface area contributed by atoms with Gasteiger partial charge in [-0.05, 0) is 61.9 Å². The van der Waals surface area contributed by atoms with Crippen LogP contribution in [-0.2, 0) is 13.0 Å². The molecule has 1 aromatic carbocycles. The van der Waals surface area contributed by atoms with Crippen LogP contribution >= 0.6 is 11.3 Å². The first kappa shape index (κ1) is 19.3. The maximum absolute atomic E-state index is 13.0. The summed E-state index contributed by atoms with van der Waals surface area (Å²) in [6.07, 6.45) is 0.901. The van der Waals surface area contributed by atoms with E-state index < -0.39 is 4.92 Å². The Bertz CT molecular complexity index is 1080.